The second kappa shape index (κ2) is 4.82. The van der Waals surface area contributed by atoms with E-state index < -0.39 is 17.4 Å². The summed E-state index contributed by atoms with van der Waals surface area (Å²) in [6, 6.07) is 0. The fraction of sp³-hybridized carbons (Fsp3) is 0.818. The van der Waals surface area contributed by atoms with Crippen LogP contribution in [0.15, 0.2) is 0 Å². The molecule has 2 unspecified atom stereocenters. The first-order valence-electron chi connectivity index (χ1n) is 5.58. The van der Waals surface area contributed by atoms with Gasteiger partial charge in [-0.1, -0.05) is 6.92 Å². The number of likely N-dealkylation sites (tertiary alicyclic amines) is 1. The van der Waals surface area contributed by atoms with Gasteiger partial charge >= 0.3 is 5.97 Å². The van der Waals surface area contributed by atoms with Gasteiger partial charge in [-0.3, -0.25) is 9.59 Å². The van der Waals surface area contributed by atoms with E-state index in [2.05, 4.69) is 0 Å². The fourth-order valence-corrected chi connectivity index (χ4v) is 2.14. The van der Waals surface area contributed by atoms with Crippen LogP contribution in [0, 0.1) is 5.92 Å². The van der Waals surface area contributed by atoms with Crippen molar-refractivity contribution >= 4 is 11.9 Å². The standard InChI is InChI=1S/C11H19NO4/c1-3-11(2,4-5-13)12-7-8(10(15)16)6-9(12)14/h8,13H,3-7H2,1-2H3,(H,15,16). The van der Waals surface area contributed by atoms with Crippen molar-refractivity contribution in [3.63, 3.8) is 0 Å². The molecule has 0 radical (unpaired) electrons. The summed E-state index contributed by atoms with van der Waals surface area (Å²) in [7, 11) is 0. The maximum absolute atomic E-state index is 11.8. The lowest BCUT2D eigenvalue weighted by molar-refractivity contribution is -0.141. The molecule has 0 aromatic heterocycles. The molecule has 5 heteroatoms. The van der Waals surface area contributed by atoms with Gasteiger partial charge in [0.1, 0.15) is 0 Å². The van der Waals surface area contributed by atoms with Crippen molar-refractivity contribution in [2.45, 2.75) is 38.6 Å². The van der Waals surface area contributed by atoms with E-state index in [1.165, 1.54) is 0 Å². The van der Waals surface area contributed by atoms with Crippen LogP contribution in [0.4, 0.5) is 0 Å². The number of aliphatic hydroxyl groups excluding tert-OH is 1. The molecule has 2 N–H and O–H groups in total. The average molecular weight is 229 g/mol. The first-order valence-corrected chi connectivity index (χ1v) is 5.58. The van der Waals surface area contributed by atoms with Gasteiger partial charge in [-0.2, -0.15) is 0 Å². The van der Waals surface area contributed by atoms with Crippen LogP contribution in [0.25, 0.3) is 0 Å². The van der Waals surface area contributed by atoms with Crippen LogP contribution in [0.2, 0.25) is 0 Å². The van der Waals surface area contributed by atoms with Crippen LogP contribution in [-0.4, -0.2) is 45.7 Å². The van der Waals surface area contributed by atoms with Gasteiger partial charge in [0.15, 0.2) is 0 Å². The first kappa shape index (κ1) is 13.0. The third-order valence-corrected chi connectivity index (χ3v) is 3.54. The molecule has 1 rings (SSSR count). The minimum absolute atomic E-state index is 0.00581. The monoisotopic (exact) mass is 229 g/mol. The summed E-state index contributed by atoms with van der Waals surface area (Å²) in [4.78, 5) is 24.2. The summed E-state index contributed by atoms with van der Waals surface area (Å²) >= 11 is 0. The molecule has 5 nitrogen and oxygen atoms in total. The second-order valence-electron chi connectivity index (χ2n) is 4.57. The number of nitrogens with zero attached hydrogens (tertiary/aromatic N) is 1. The smallest absolute Gasteiger partial charge is 0.308 e. The highest BCUT2D eigenvalue weighted by atomic mass is 16.4. The third kappa shape index (κ3) is 2.35. The van der Waals surface area contributed by atoms with Crippen molar-refractivity contribution < 1.29 is 19.8 Å². The van der Waals surface area contributed by atoms with Crippen molar-refractivity contribution in [3.05, 3.63) is 0 Å². The predicted octanol–water partition coefficient (Wildman–Crippen LogP) is 0.471. The van der Waals surface area contributed by atoms with E-state index in [4.69, 9.17) is 10.2 Å². The van der Waals surface area contributed by atoms with E-state index in [-0.39, 0.29) is 25.5 Å². The fourth-order valence-electron chi connectivity index (χ4n) is 2.14. The molecule has 0 spiro atoms. The van der Waals surface area contributed by atoms with Crippen molar-refractivity contribution in [1.29, 1.82) is 0 Å². The van der Waals surface area contributed by atoms with Gasteiger partial charge < -0.3 is 15.1 Å². The lowest BCUT2D eigenvalue weighted by Crippen LogP contribution is -2.47. The average Bonchev–Trinajstić information content (AvgIpc) is 2.61. The zero-order chi connectivity index (χ0) is 12.3. The zero-order valence-corrected chi connectivity index (χ0v) is 9.77. The Kier molecular flexibility index (Phi) is 3.91. The number of carboxylic acids is 1. The molecule has 1 amide bonds. The predicted molar refractivity (Wildman–Crippen MR) is 57.9 cm³/mol. The Bertz CT molecular complexity index is 292. The molecule has 1 saturated heterocycles. The van der Waals surface area contributed by atoms with Gasteiger partial charge in [-0.25, -0.2) is 0 Å². The Hall–Kier alpha value is -1.10. The van der Waals surface area contributed by atoms with Gasteiger partial charge in [0.05, 0.1) is 5.92 Å². The number of hydrogen-bond donors (Lipinski definition) is 2. The lowest BCUT2D eigenvalue weighted by atomic mass is 9.93. The molecule has 1 heterocycles. The Balaban J connectivity index is 2.80. The topological polar surface area (TPSA) is 77.8 Å². The summed E-state index contributed by atoms with van der Waals surface area (Å²) in [5.41, 5.74) is -0.421. The normalized spacial score (nSPS) is 24.6. The number of carboxylic acid groups (broad SMARTS) is 1. The van der Waals surface area contributed by atoms with Crippen molar-refractivity contribution in [1.82, 2.24) is 4.90 Å². The third-order valence-electron chi connectivity index (χ3n) is 3.54. The van der Waals surface area contributed by atoms with Gasteiger partial charge in [-0.05, 0) is 19.8 Å². The molecule has 0 bridgehead atoms. The number of aliphatic carboxylic acids is 1. The van der Waals surface area contributed by atoms with E-state index in [9.17, 15) is 9.59 Å². The molecule has 1 fully saturated rings. The highest BCUT2D eigenvalue weighted by Gasteiger charge is 2.42. The van der Waals surface area contributed by atoms with Gasteiger partial charge in [-0.15, -0.1) is 0 Å². The van der Waals surface area contributed by atoms with Gasteiger partial charge in [0.25, 0.3) is 0 Å². The van der Waals surface area contributed by atoms with E-state index in [1.54, 1.807) is 4.90 Å². The molecule has 0 aromatic rings. The zero-order valence-electron chi connectivity index (χ0n) is 9.77. The van der Waals surface area contributed by atoms with E-state index in [1.807, 2.05) is 13.8 Å². The quantitative estimate of drug-likeness (QED) is 0.718. The Labute approximate surface area is 95.1 Å². The molecule has 0 aromatic carbocycles. The maximum Gasteiger partial charge on any atom is 0.308 e. The Morgan fingerprint density at radius 3 is 2.62 bits per heavy atom. The second-order valence-corrected chi connectivity index (χ2v) is 4.57. The maximum atomic E-state index is 11.8. The molecule has 92 valence electrons. The molecule has 1 aliphatic heterocycles. The Morgan fingerprint density at radius 2 is 2.25 bits per heavy atom. The molecule has 0 aliphatic carbocycles. The number of carbonyl (C=O) groups excluding carboxylic acids is 1. The van der Waals surface area contributed by atoms with Crippen LogP contribution in [0.5, 0.6) is 0 Å². The van der Waals surface area contributed by atoms with Crippen LogP contribution in [-0.2, 0) is 9.59 Å². The molecule has 2 atom stereocenters. The number of amides is 1. The summed E-state index contributed by atoms with van der Waals surface area (Å²) < 4.78 is 0. The van der Waals surface area contributed by atoms with Crippen LogP contribution in [0.1, 0.15) is 33.1 Å². The van der Waals surface area contributed by atoms with Crippen LogP contribution in [0.3, 0.4) is 0 Å². The minimum Gasteiger partial charge on any atom is -0.481 e. The molecule has 1 aliphatic rings. The molecule has 16 heavy (non-hydrogen) atoms. The Morgan fingerprint density at radius 1 is 1.62 bits per heavy atom. The van der Waals surface area contributed by atoms with E-state index in [0.717, 1.165) is 0 Å². The van der Waals surface area contributed by atoms with Crippen molar-refractivity contribution in [2.24, 2.45) is 5.92 Å². The highest BCUT2D eigenvalue weighted by molar-refractivity contribution is 5.86. The number of aliphatic hydroxyl groups is 1. The lowest BCUT2D eigenvalue weighted by Gasteiger charge is -2.38. The SMILES string of the molecule is CCC(C)(CCO)N1CC(C(=O)O)CC1=O. The minimum atomic E-state index is -0.918. The number of hydrogen-bond acceptors (Lipinski definition) is 3. The summed E-state index contributed by atoms with van der Waals surface area (Å²) in [5.74, 6) is -1.64. The highest BCUT2D eigenvalue weighted by Crippen LogP contribution is 2.30. The summed E-state index contributed by atoms with van der Waals surface area (Å²) in [5, 5.41) is 17.9. The summed E-state index contributed by atoms with van der Waals surface area (Å²) in [6.45, 7) is 4.10. The summed E-state index contributed by atoms with van der Waals surface area (Å²) in [6.07, 6.45) is 1.28. The number of carbonyl (C=O) groups is 2. The largest absolute Gasteiger partial charge is 0.481 e. The van der Waals surface area contributed by atoms with Crippen molar-refractivity contribution in [2.75, 3.05) is 13.2 Å². The van der Waals surface area contributed by atoms with Gasteiger partial charge in [0, 0.05) is 25.1 Å². The first-order chi connectivity index (χ1) is 7.44. The molecule has 0 saturated carbocycles. The molecular weight excluding hydrogens is 210 g/mol. The van der Waals surface area contributed by atoms with Crippen LogP contribution >= 0.6 is 0 Å². The van der Waals surface area contributed by atoms with E-state index >= 15 is 0 Å². The number of rotatable bonds is 5. The van der Waals surface area contributed by atoms with Crippen LogP contribution < -0.4 is 0 Å². The van der Waals surface area contributed by atoms with Gasteiger partial charge in [0.2, 0.25) is 5.91 Å². The van der Waals surface area contributed by atoms with E-state index in [0.29, 0.717) is 12.8 Å². The van der Waals surface area contributed by atoms with Crippen molar-refractivity contribution in [3.8, 4) is 0 Å². The molecular formula is C11H19NO4.